The van der Waals surface area contributed by atoms with Crippen molar-refractivity contribution in [3.05, 3.63) is 40.0 Å². The van der Waals surface area contributed by atoms with Crippen LogP contribution in [0.25, 0.3) is 6.08 Å². The summed E-state index contributed by atoms with van der Waals surface area (Å²) in [7, 11) is 0. The number of hydrogen-bond donors (Lipinski definition) is 0. The van der Waals surface area contributed by atoms with E-state index in [1.807, 2.05) is 24.3 Å². The van der Waals surface area contributed by atoms with Crippen molar-refractivity contribution in [1.29, 1.82) is 0 Å². The van der Waals surface area contributed by atoms with Gasteiger partial charge in [-0.3, -0.25) is 0 Å². The van der Waals surface area contributed by atoms with Crippen molar-refractivity contribution in [1.82, 2.24) is 0 Å². The molecule has 0 amide bonds. The minimum absolute atomic E-state index is 0.323. The first-order valence-corrected chi connectivity index (χ1v) is 7.80. The van der Waals surface area contributed by atoms with Gasteiger partial charge in [0.25, 0.3) is 0 Å². The van der Waals surface area contributed by atoms with Crippen LogP contribution in [-0.2, 0) is 9.53 Å². The van der Waals surface area contributed by atoms with E-state index in [9.17, 15) is 4.79 Å². The molecule has 1 aliphatic carbocycles. The van der Waals surface area contributed by atoms with Crippen LogP contribution in [0.2, 0.25) is 0 Å². The number of hydrogen-bond acceptors (Lipinski definition) is 3. The van der Waals surface area contributed by atoms with E-state index in [0.717, 1.165) is 22.9 Å². The van der Waals surface area contributed by atoms with Gasteiger partial charge in [0.1, 0.15) is 0 Å². The number of nitrogens with zero attached hydrogens (tertiary/aromatic N) is 1. The Morgan fingerprint density at radius 1 is 1.15 bits per heavy atom. The summed E-state index contributed by atoms with van der Waals surface area (Å²) in [6, 6.07) is 7.77. The van der Waals surface area contributed by atoms with Crippen LogP contribution in [0.4, 0.5) is 0 Å². The summed E-state index contributed by atoms with van der Waals surface area (Å²) < 4.78 is 6.36. The number of halogens is 1. The average molecular weight is 334 g/mol. The maximum atomic E-state index is 11.9. The fourth-order valence-corrected chi connectivity index (χ4v) is 2.93. The predicted octanol–water partition coefficient (Wildman–Crippen LogP) is 4.33. The third-order valence-corrected chi connectivity index (χ3v) is 4.29. The molecule has 1 aliphatic heterocycles. The summed E-state index contributed by atoms with van der Waals surface area (Å²) in [5.74, 6) is 0.620. The summed E-state index contributed by atoms with van der Waals surface area (Å²) in [5.41, 5.74) is 1.36. The molecule has 1 fully saturated rings. The molecule has 0 unspecified atom stereocenters. The van der Waals surface area contributed by atoms with Crippen LogP contribution in [-0.4, -0.2) is 11.9 Å². The molecule has 3 rings (SSSR count). The van der Waals surface area contributed by atoms with Crippen molar-refractivity contribution >= 4 is 33.9 Å². The summed E-state index contributed by atoms with van der Waals surface area (Å²) in [4.78, 5) is 16.3. The van der Waals surface area contributed by atoms with E-state index < -0.39 is 0 Å². The molecule has 0 aromatic heterocycles. The highest BCUT2D eigenvalue weighted by atomic mass is 79.9. The molecule has 4 heteroatoms. The summed E-state index contributed by atoms with van der Waals surface area (Å²) in [6.07, 6.45) is 7.62. The molecule has 0 radical (unpaired) electrons. The lowest BCUT2D eigenvalue weighted by Crippen LogP contribution is -2.19. The van der Waals surface area contributed by atoms with Gasteiger partial charge >= 0.3 is 5.97 Å². The Balaban J connectivity index is 1.80. The fraction of sp³-hybridized carbons (Fsp3) is 0.375. The van der Waals surface area contributed by atoms with E-state index in [2.05, 4.69) is 20.9 Å². The van der Waals surface area contributed by atoms with Gasteiger partial charge in [0.2, 0.25) is 5.90 Å². The minimum Gasteiger partial charge on any atom is -0.406 e. The Morgan fingerprint density at radius 2 is 1.85 bits per heavy atom. The number of carbonyl (C=O) groups excluding carboxylic acids is 1. The molecule has 0 N–H and O–H groups in total. The van der Waals surface area contributed by atoms with Crippen LogP contribution >= 0.6 is 15.9 Å². The number of aliphatic imine (C=N–C) groups is 1. The second-order valence-electron chi connectivity index (χ2n) is 5.26. The molecule has 1 heterocycles. The van der Waals surface area contributed by atoms with Crippen LogP contribution < -0.4 is 0 Å². The maximum absolute atomic E-state index is 11.9. The molecule has 1 aromatic rings. The monoisotopic (exact) mass is 333 g/mol. The van der Waals surface area contributed by atoms with Gasteiger partial charge in [-0.2, -0.15) is 0 Å². The molecule has 104 valence electrons. The SMILES string of the molecule is O=C1OC(C2CCCCC2)=N/C1=C/c1ccc(Br)cc1. The third kappa shape index (κ3) is 3.01. The molecule has 1 aromatic carbocycles. The van der Waals surface area contributed by atoms with Crippen LogP contribution in [0.5, 0.6) is 0 Å². The zero-order valence-electron chi connectivity index (χ0n) is 11.1. The highest BCUT2D eigenvalue weighted by Crippen LogP contribution is 2.29. The zero-order valence-corrected chi connectivity index (χ0v) is 12.7. The van der Waals surface area contributed by atoms with Crippen molar-refractivity contribution in [2.75, 3.05) is 0 Å². The molecular weight excluding hydrogens is 318 g/mol. The second kappa shape index (κ2) is 5.92. The topological polar surface area (TPSA) is 38.7 Å². The Kier molecular flexibility index (Phi) is 4.01. The quantitative estimate of drug-likeness (QED) is 0.597. The molecule has 0 saturated heterocycles. The summed E-state index contributed by atoms with van der Waals surface area (Å²) in [6.45, 7) is 0. The molecule has 3 nitrogen and oxygen atoms in total. The summed E-state index contributed by atoms with van der Waals surface area (Å²) >= 11 is 3.39. The van der Waals surface area contributed by atoms with Gasteiger partial charge in [0.15, 0.2) is 5.70 Å². The molecule has 2 aliphatic rings. The third-order valence-electron chi connectivity index (χ3n) is 3.76. The van der Waals surface area contributed by atoms with Gasteiger partial charge in [-0.1, -0.05) is 47.3 Å². The summed E-state index contributed by atoms with van der Waals surface area (Å²) in [5, 5.41) is 0. The highest BCUT2D eigenvalue weighted by Gasteiger charge is 2.29. The molecule has 0 spiro atoms. The van der Waals surface area contributed by atoms with E-state index in [1.165, 1.54) is 19.3 Å². The van der Waals surface area contributed by atoms with E-state index in [4.69, 9.17) is 4.74 Å². The Morgan fingerprint density at radius 3 is 2.55 bits per heavy atom. The lowest BCUT2D eigenvalue weighted by Gasteiger charge is -2.19. The normalized spacial score (nSPS) is 21.9. The number of benzene rings is 1. The maximum Gasteiger partial charge on any atom is 0.363 e. The Labute approximate surface area is 126 Å². The second-order valence-corrected chi connectivity index (χ2v) is 6.17. The lowest BCUT2D eigenvalue weighted by atomic mass is 9.89. The molecule has 0 atom stereocenters. The first-order valence-electron chi connectivity index (χ1n) is 7.00. The zero-order chi connectivity index (χ0) is 13.9. The molecule has 0 bridgehead atoms. The number of cyclic esters (lactones) is 1. The first kappa shape index (κ1) is 13.6. The lowest BCUT2D eigenvalue weighted by molar-refractivity contribution is -0.130. The molecule has 1 saturated carbocycles. The number of carbonyl (C=O) groups is 1. The van der Waals surface area contributed by atoms with Crippen molar-refractivity contribution < 1.29 is 9.53 Å². The van der Waals surface area contributed by atoms with E-state index in [-0.39, 0.29) is 5.97 Å². The standard InChI is InChI=1S/C16H16BrNO2/c17-13-8-6-11(7-9-13)10-14-16(19)20-15(18-14)12-4-2-1-3-5-12/h6-10,12H,1-5H2/b14-10+. The largest absolute Gasteiger partial charge is 0.406 e. The van der Waals surface area contributed by atoms with Crippen molar-refractivity contribution in [3.63, 3.8) is 0 Å². The smallest absolute Gasteiger partial charge is 0.363 e. The highest BCUT2D eigenvalue weighted by molar-refractivity contribution is 9.10. The number of esters is 1. The van der Waals surface area contributed by atoms with Gasteiger partial charge in [0.05, 0.1) is 0 Å². The van der Waals surface area contributed by atoms with Gasteiger partial charge < -0.3 is 4.74 Å². The van der Waals surface area contributed by atoms with Crippen molar-refractivity contribution in [3.8, 4) is 0 Å². The van der Waals surface area contributed by atoms with Crippen LogP contribution in [0.3, 0.4) is 0 Å². The minimum atomic E-state index is -0.325. The fourth-order valence-electron chi connectivity index (χ4n) is 2.67. The van der Waals surface area contributed by atoms with E-state index >= 15 is 0 Å². The Hall–Kier alpha value is -1.42. The number of rotatable bonds is 2. The van der Waals surface area contributed by atoms with Crippen LogP contribution in [0.1, 0.15) is 37.7 Å². The molecular formula is C16H16BrNO2. The number of ether oxygens (including phenoxy) is 1. The van der Waals surface area contributed by atoms with E-state index in [1.54, 1.807) is 6.08 Å². The molecule has 20 heavy (non-hydrogen) atoms. The average Bonchev–Trinajstić information content (AvgIpc) is 2.84. The van der Waals surface area contributed by atoms with Gasteiger partial charge in [-0.05, 0) is 36.6 Å². The van der Waals surface area contributed by atoms with Gasteiger partial charge in [-0.25, -0.2) is 9.79 Å². The Bertz CT molecular complexity index is 569. The van der Waals surface area contributed by atoms with Gasteiger partial charge in [0, 0.05) is 10.4 Å². The van der Waals surface area contributed by atoms with Gasteiger partial charge in [-0.15, -0.1) is 0 Å². The first-order chi connectivity index (χ1) is 9.72. The van der Waals surface area contributed by atoms with Crippen molar-refractivity contribution in [2.45, 2.75) is 32.1 Å². The van der Waals surface area contributed by atoms with Crippen LogP contribution in [0, 0.1) is 5.92 Å². The predicted molar refractivity (Wildman–Crippen MR) is 82.2 cm³/mol. The van der Waals surface area contributed by atoms with E-state index in [0.29, 0.717) is 17.5 Å². The van der Waals surface area contributed by atoms with Crippen LogP contribution in [0.15, 0.2) is 39.4 Å². The van der Waals surface area contributed by atoms with Crippen molar-refractivity contribution in [2.24, 2.45) is 10.9 Å².